The zero-order valence-electron chi connectivity index (χ0n) is 82.7. The Kier molecular flexibility index (Phi) is 50.3. The molecule has 14 atom stereocenters. The molecule has 145 heavy (non-hydrogen) atoms. The van der Waals surface area contributed by atoms with Crippen LogP contribution in [0.5, 0.6) is 0 Å². The molecule has 4 fully saturated rings. The van der Waals surface area contributed by atoms with Gasteiger partial charge in [0.05, 0.1) is 36.8 Å². The van der Waals surface area contributed by atoms with Gasteiger partial charge >= 0.3 is 0 Å². The van der Waals surface area contributed by atoms with Gasteiger partial charge in [-0.15, -0.1) is 22.7 Å². The summed E-state index contributed by atoms with van der Waals surface area (Å²) in [6, 6.07) is 18.5. The highest BCUT2D eigenvalue weighted by atomic mass is 35.5. The van der Waals surface area contributed by atoms with E-state index in [1.54, 1.807) is 88.4 Å². The van der Waals surface area contributed by atoms with Crippen molar-refractivity contribution in [2.24, 2.45) is 79.9 Å². The number of guanidine groups is 2. The van der Waals surface area contributed by atoms with E-state index in [-0.39, 0.29) is 144 Å². The van der Waals surface area contributed by atoms with Crippen molar-refractivity contribution in [1.29, 1.82) is 0 Å². The van der Waals surface area contributed by atoms with Crippen LogP contribution in [0.1, 0.15) is 189 Å². The van der Waals surface area contributed by atoms with Crippen LogP contribution >= 0.6 is 69.4 Å². The van der Waals surface area contributed by atoms with Crippen molar-refractivity contribution in [3.63, 3.8) is 0 Å². The van der Waals surface area contributed by atoms with E-state index in [4.69, 9.17) is 57.6 Å². The summed E-state index contributed by atoms with van der Waals surface area (Å²) in [7, 11) is 0. The van der Waals surface area contributed by atoms with Crippen LogP contribution < -0.4 is 87.6 Å². The number of primary amides is 2. The SMILES string of the molecule is CC(C)[C@@H]1NC(=O)[C@H](Cc2cccs2)NC(=O)[C@H](Cc2ccc(Cl)cc2)CC(=O)CCCSC[C@@H](C(=O)N2CCC[C@H]2C(=O)N[C@H](CCCN=C(N)N)C(=O)NCc2ccccc2)CC(=O)[C@H](CC(N)=O)NC1=O.CCCCNC(=O)[C@@H](CCCN=C(N)N)NC(=O)[C@@H]1CCCN1C(=O)[C@@H]1CSCCCC(=O)C[C@@H](Cc2ccc(Cl)cc2)C(=O)N[C@@H](Cc2cccs2)C(=O)N[C@@H](C(C)C)C(=O)N[C@@H](CC(N)=O)C(=O)C1. The first kappa shape index (κ1) is 118. The molecule has 0 bridgehead atoms. The Bertz CT molecular complexity index is 5250. The predicted octanol–water partition coefficient (Wildman–Crippen LogP) is 4.99. The van der Waals surface area contributed by atoms with E-state index in [9.17, 15) is 86.3 Å². The molecule has 22 N–H and O–H groups in total. The van der Waals surface area contributed by atoms with Crippen LogP contribution in [0.4, 0.5) is 0 Å². The molecular formula is C101H140Cl2N20O18S4. The van der Waals surface area contributed by atoms with E-state index in [1.165, 1.54) is 56.0 Å². The molecule has 2 aromatic heterocycles. The number of benzene rings is 3. The van der Waals surface area contributed by atoms with E-state index >= 15 is 0 Å². The smallest absolute Gasteiger partial charge is 0.243 e. The third-order valence-corrected chi connectivity index (χ3v) is 29.9. The average Bonchev–Trinajstić information content (AvgIpc) is 1.70. The molecular weight excluding hydrogens is 1980 g/mol. The molecule has 790 valence electrons. The summed E-state index contributed by atoms with van der Waals surface area (Å²) in [6.07, 6.45) is 3.23. The minimum atomic E-state index is -1.50. The lowest BCUT2D eigenvalue weighted by Gasteiger charge is -2.30. The molecule has 14 amide bonds. The Morgan fingerprint density at radius 2 is 0.848 bits per heavy atom. The Balaban J connectivity index is 0.000000354. The number of hydrogen-bond acceptors (Lipinski definition) is 24. The highest BCUT2D eigenvalue weighted by Crippen LogP contribution is 2.31. The third kappa shape index (κ3) is 40.8. The normalized spacial score (nSPS) is 22.4. The third-order valence-electron chi connectivity index (χ3n) is 25.1. The second-order valence-corrected chi connectivity index (χ2v) is 42.7. The number of hydrogen-bond donors (Lipinski definition) is 16. The van der Waals surface area contributed by atoms with Gasteiger partial charge in [-0.1, -0.05) is 131 Å². The fourth-order valence-corrected chi connectivity index (χ4v) is 21.2. The molecule has 38 nitrogen and oxygen atoms in total. The lowest BCUT2D eigenvalue weighted by atomic mass is 9.91. The van der Waals surface area contributed by atoms with Gasteiger partial charge in [0.1, 0.15) is 59.9 Å². The van der Waals surface area contributed by atoms with Gasteiger partial charge in [0.25, 0.3) is 0 Å². The van der Waals surface area contributed by atoms with Crippen LogP contribution in [0.3, 0.4) is 0 Å². The average molecular weight is 2120 g/mol. The lowest BCUT2D eigenvalue weighted by molar-refractivity contribution is -0.143. The minimum Gasteiger partial charge on any atom is -0.370 e. The summed E-state index contributed by atoms with van der Waals surface area (Å²) in [4.78, 5) is 263. The van der Waals surface area contributed by atoms with E-state index in [1.807, 2.05) is 60.1 Å². The summed E-state index contributed by atoms with van der Waals surface area (Å²) < 4.78 is 0. The van der Waals surface area contributed by atoms with Crippen molar-refractivity contribution in [3.8, 4) is 0 Å². The first-order valence-corrected chi connectivity index (χ1v) is 54.2. The largest absolute Gasteiger partial charge is 0.370 e. The van der Waals surface area contributed by atoms with Gasteiger partial charge in [-0.3, -0.25) is 96.3 Å². The first-order chi connectivity index (χ1) is 69.2. The van der Waals surface area contributed by atoms with Crippen LogP contribution in [0.2, 0.25) is 10.0 Å². The summed E-state index contributed by atoms with van der Waals surface area (Å²) in [5.41, 5.74) is 35.6. The highest BCUT2D eigenvalue weighted by molar-refractivity contribution is 7.99. The Morgan fingerprint density at radius 3 is 1.22 bits per heavy atom. The number of ketones is 4. The number of thioether (sulfide) groups is 2. The summed E-state index contributed by atoms with van der Waals surface area (Å²) in [5.74, 6) is -14.9. The Hall–Kier alpha value is -11.9. The zero-order chi connectivity index (χ0) is 106. The van der Waals surface area contributed by atoms with Gasteiger partial charge in [0.15, 0.2) is 23.5 Å². The van der Waals surface area contributed by atoms with Gasteiger partial charge < -0.3 is 97.4 Å². The van der Waals surface area contributed by atoms with Crippen molar-refractivity contribution < 1.29 is 86.3 Å². The summed E-state index contributed by atoms with van der Waals surface area (Å²) >= 11 is 17.7. The molecule has 9 rings (SSSR count). The fraction of sp³-hybridized carbons (Fsp3) is 0.545. The number of likely N-dealkylation sites (tertiary alicyclic amines) is 2. The molecule has 0 saturated carbocycles. The van der Waals surface area contributed by atoms with Crippen LogP contribution in [-0.2, 0) is 119 Å². The van der Waals surface area contributed by atoms with Gasteiger partial charge in [0, 0.05) is 134 Å². The lowest BCUT2D eigenvalue weighted by Crippen LogP contribution is -2.58. The van der Waals surface area contributed by atoms with Crippen molar-refractivity contribution in [1.82, 2.24) is 63.0 Å². The maximum Gasteiger partial charge on any atom is 0.243 e. The number of amides is 14. The molecule has 0 spiro atoms. The van der Waals surface area contributed by atoms with E-state index in [0.29, 0.717) is 73.0 Å². The number of Topliss-reactive ketones (excluding diaryl/α,β-unsaturated/α-hetero) is 4. The van der Waals surface area contributed by atoms with E-state index in [0.717, 1.165) is 39.3 Å². The first-order valence-electron chi connectivity index (χ1n) is 49.3. The number of carbonyl (C=O) groups excluding carboxylic acids is 18. The number of unbranched alkanes of at least 4 members (excludes halogenated alkanes) is 1. The highest BCUT2D eigenvalue weighted by Gasteiger charge is 2.45. The molecule has 0 aliphatic carbocycles. The standard InChI is InChI=1S/C52H69ClN10O9S2.C49H71ClN10O9S2/c1-31(2)45-50(71)60-40(28-44(54)66)43(65)26-35(51(72)63-21-7-15-42(63)49(70)59-39(14-6-20-57-52(55)56)47(68)58-29-33-10-4-3-5-11-33)30-73-22-8-12-37(64)25-34(24-32-16-18-36(53)19-17-32)46(67)61-41(48(69)62-45)27-38-13-9-23-74-38;1-4-5-18-54-44(65)36(12-6-19-55-49(52)53)56-46(67)39-13-7-20-60(39)48(69)32-25-40(62)37(27-41(51)63)57-47(68)42(29(2)3)59-45(66)38(26-35-11-9-22-71-35)58-43(64)31(23-30-14-16-33(50)17-15-30)24-34(61)10-8-21-70-28-32/h3-5,9-11,13,16-19,23,31,34-35,39-42,45H,6-8,12,14-15,20-22,24-30H2,1-2H3,(H2,54,66)(H,58,68)(H,59,70)(H,60,71)(H,61,67)(H,62,69)(H4,55,56,57);9,11,14-17,22,29,31-32,36-39,42H,4-8,10,12-13,18-21,23-28H2,1-3H3,(H2,51,63)(H,54,65)(H,56,67)(H,57,68)(H,58,64)(H,59,66)(H4,52,53,55)/t34-,35+,39-,40+,41+,42+,45+;31-,32+,36-,37+,38+,39+,42+/m11/s1. The second-order valence-electron chi connectivity index (χ2n) is 37.5. The Labute approximate surface area is 872 Å². The van der Waals surface area contributed by atoms with Crippen LogP contribution in [0, 0.1) is 35.5 Å². The minimum absolute atomic E-state index is 0.0635. The quantitative estimate of drug-likeness (QED) is 0.0144. The van der Waals surface area contributed by atoms with Crippen LogP contribution in [-0.4, -0.2) is 244 Å². The number of nitrogens with two attached hydrogens (primary N) is 6. The van der Waals surface area contributed by atoms with Crippen molar-refractivity contribution in [3.05, 3.63) is 150 Å². The van der Waals surface area contributed by atoms with E-state index in [2.05, 4.69) is 63.2 Å². The molecule has 4 aliphatic heterocycles. The maximum atomic E-state index is 14.7. The molecule has 0 unspecified atom stereocenters. The number of carbonyl (C=O) groups is 18. The number of aliphatic imine (C=N–C) groups is 2. The number of rotatable bonds is 35. The summed E-state index contributed by atoms with van der Waals surface area (Å²) in [5, 5.41) is 32.6. The summed E-state index contributed by atoms with van der Waals surface area (Å²) in [6.45, 7) is 10.1. The molecule has 44 heteroatoms. The fourth-order valence-electron chi connectivity index (χ4n) is 17.3. The van der Waals surface area contributed by atoms with Crippen LogP contribution in [0.15, 0.2) is 124 Å². The zero-order valence-corrected chi connectivity index (χ0v) is 87.5. The van der Waals surface area contributed by atoms with Gasteiger partial charge in [-0.25, -0.2) is 0 Å². The molecule has 5 aromatic rings. The van der Waals surface area contributed by atoms with E-state index < -0.39 is 210 Å². The number of halogens is 2. The van der Waals surface area contributed by atoms with Gasteiger partial charge in [-0.05, 0) is 171 Å². The second kappa shape index (κ2) is 61.6. The van der Waals surface area contributed by atoms with Gasteiger partial charge in [-0.2, -0.15) is 23.5 Å². The maximum absolute atomic E-state index is 14.7. The molecule has 4 aliphatic rings. The topological polar surface area (TPSA) is 615 Å². The van der Waals surface area contributed by atoms with Gasteiger partial charge in [0.2, 0.25) is 82.7 Å². The molecule has 3 aromatic carbocycles. The molecule has 6 heterocycles. The van der Waals surface area contributed by atoms with Crippen molar-refractivity contribution in [2.75, 3.05) is 55.7 Å². The number of thiophene rings is 2. The molecule has 0 radical (unpaired) electrons. The predicted molar refractivity (Wildman–Crippen MR) is 560 cm³/mol. The Morgan fingerprint density at radius 1 is 0.448 bits per heavy atom. The number of nitrogens with one attached hydrogen (secondary N) is 10. The van der Waals surface area contributed by atoms with Crippen molar-refractivity contribution >= 4 is 187 Å². The monoisotopic (exact) mass is 2120 g/mol. The van der Waals surface area contributed by atoms with Crippen LogP contribution in [0.25, 0.3) is 0 Å². The number of nitrogens with zero attached hydrogens (tertiary/aromatic N) is 4. The van der Waals surface area contributed by atoms with Crippen molar-refractivity contribution in [2.45, 2.75) is 256 Å². The molecule has 4 saturated heterocycles.